The highest BCUT2D eigenvalue weighted by molar-refractivity contribution is 7.19. The van der Waals surface area contributed by atoms with Gasteiger partial charge in [0.25, 0.3) is 5.91 Å². The molecule has 1 saturated heterocycles. The van der Waals surface area contributed by atoms with Crippen molar-refractivity contribution in [1.29, 1.82) is 0 Å². The number of halogens is 1. The van der Waals surface area contributed by atoms with E-state index in [1.807, 2.05) is 21.6 Å². The molecule has 0 spiro atoms. The van der Waals surface area contributed by atoms with Crippen LogP contribution in [0.1, 0.15) is 33.8 Å². The Morgan fingerprint density at radius 3 is 2.71 bits per heavy atom. The van der Waals surface area contributed by atoms with Crippen LogP contribution in [0.4, 0.5) is 4.39 Å². The maximum atomic E-state index is 14.1. The molecule has 4 rings (SSSR count). The van der Waals surface area contributed by atoms with E-state index in [0.717, 1.165) is 36.1 Å². The summed E-state index contributed by atoms with van der Waals surface area (Å²) >= 11 is 1.68. The van der Waals surface area contributed by atoms with Crippen LogP contribution in [0.5, 0.6) is 0 Å². The van der Waals surface area contributed by atoms with Gasteiger partial charge in [-0.15, -0.1) is 11.3 Å². The molecule has 0 atom stereocenters. The number of hydrogen-bond donors (Lipinski definition) is 0. The van der Waals surface area contributed by atoms with Crippen LogP contribution in [0.25, 0.3) is 10.2 Å². The average Bonchev–Trinajstić information content (AvgIpc) is 3.26. The van der Waals surface area contributed by atoms with Crippen molar-refractivity contribution < 1.29 is 9.18 Å². The Hall–Kier alpha value is -2.14. The Kier molecular flexibility index (Phi) is 3.88. The van der Waals surface area contributed by atoms with Gasteiger partial charge in [-0.3, -0.25) is 4.79 Å². The fourth-order valence-corrected chi connectivity index (χ4v) is 4.35. The number of carbonyl (C=O) groups is 1. The molecular weight excluding hydrogens is 323 g/mol. The molecular formula is C19H19FN2OS. The van der Waals surface area contributed by atoms with Gasteiger partial charge < -0.3 is 9.47 Å². The van der Waals surface area contributed by atoms with E-state index in [2.05, 4.69) is 13.0 Å². The van der Waals surface area contributed by atoms with Crippen molar-refractivity contribution in [2.24, 2.45) is 0 Å². The van der Waals surface area contributed by atoms with E-state index in [1.165, 1.54) is 10.9 Å². The first kappa shape index (κ1) is 15.4. The van der Waals surface area contributed by atoms with Crippen LogP contribution >= 0.6 is 11.3 Å². The topological polar surface area (TPSA) is 25.2 Å². The SMILES string of the molecule is Cc1cc2c(cc(C(=O)N3CCCC3)n2Cc2ccccc2F)s1. The highest BCUT2D eigenvalue weighted by atomic mass is 32.1. The predicted molar refractivity (Wildman–Crippen MR) is 95.2 cm³/mol. The van der Waals surface area contributed by atoms with Crippen LogP contribution in [0.15, 0.2) is 36.4 Å². The summed E-state index contributed by atoms with van der Waals surface area (Å²) in [5.74, 6) is -0.171. The molecule has 0 saturated carbocycles. The zero-order valence-electron chi connectivity index (χ0n) is 13.6. The summed E-state index contributed by atoms with van der Waals surface area (Å²) in [6.45, 7) is 4.06. The first-order valence-electron chi connectivity index (χ1n) is 8.26. The van der Waals surface area contributed by atoms with Gasteiger partial charge in [-0.25, -0.2) is 4.39 Å². The summed E-state index contributed by atoms with van der Waals surface area (Å²) in [5.41, 5.74) is 2.29. The summed E-state index contributed by atoms with van der Waals surface area (Å²) in [4.78, 5) is 16.0. The lowest BCUT2D eigenvalue weighted by atomic mass is 10.2. The minimum Gasteiger partial charge on any atom is -0.337 e. The smallest absolute Gasteiger partial charge is 0.270 e. The Balaban J connectivity index is 1.80. The van der Waals surface area contributed by atoms with Crippen molar-refractivity contribution in [2.75, 3.05) is 13.1 Å². The number of hydrogen-bond acceptors (Lipinski definition) is 2. The van der Waals surface area contributed by atoms with E-state index in [1.54, 1.807) is 23.5 Å². The number of amides is 1. The molecule has 0 unspecified atom stereocenters. The third-order valence-electron chi connectivity index (χ3n) is 4.61. The Morgan fingerprint density at radius 1 is 1.21 bits per heavy atom. The van der Waals surface area contributed by atoms with Gasteiger partial charge in [-0.05, 0) is 38.0 Å². The summed E-state index contributed by atoms with van der Waals surface area (Å²) in [6.07, 6.45) is 2.13. The van der Waals surface area contributed by atoms with Crippen LogP contribution in [0.3, 0.4) is 0 Å². The van der Waals surface area contributed by atoms with Crippen molar-refractivity contribution in [3.05, 3.63) is 58.3 Å². The second-order valence-corrected chi connectivity index (χ2v) is 7.60. The molecule has 1 amide bonds. The highest BCUT2D eigenvalue weighted by Crippen LogP contribution is 2.30. The van der Waals surface area contributed by atoms with Crippen molar-refractivity contribution >= 4 is 27.5 Å². The van der Waals surface area contributed by atoms with E-state index < -0.39 is 0 Å². The number of fused-ring (bicyclic) bond motifs is 1. The van der Waals surface area contributed by atoms with Gasteiger partial charge in [0.05, 0.1) is 16.8 Å². The summed E-state index contributed by atoms with van der Waals surface area (Å²) in [5, 5.41) is 0. The van der Waals surface area contributed by atoms with E-state index in [4.69, 9.17) is 0 Å². The monoisotopic (exact) mass is 342 g/mol. The minimum atomic E-state index is -0.231. The molecule has 1 aliphatic rings. The number of carbonyl (C=O) groups excluding carboxylic acids is 1. The largest absolute Gasteiger partial charge is 0.337 e. The maximum Gasteiger partial charge on any atom is 0.270 e. The van der Waals surface area contributed by atoms with Crippen molar-refractivity contribution in [3.8, 4) is 0 Å². The maximum absolute atomic E-state index is 14.1. The molecule has 1 aromatic carbocycles. The van der Waals surface area contributed by atoms with E-state index in [0.29, 0.717) is 17.8 Å². The standard InChI is InChI=1S/C19H19FN2OS/c1-13-10-16-18(24-13)11-17(19(23)21-8-4-5-9-21)22(16)12-14-6-2-3-7-15(14)20/h2-3,6-7,10-11H,4-5,8-9,12H2,1H3. The molecule has 3 aromatic rings. The van der Waals surface area contributed by atoms with Crippen LogP contribution in [-0.4, -0.2) is 28.5 Å². The third-order valence-corrected chi connectivity index (χ3v) is 5.60. The molecule has 24 heavy (non-hydrogen) atoms. The average molecular weight is 342 g/mol. The number of nitrogens with zero attached hydrogens (tertiary/aromatic N) is 2. The molecule has 124 valence electrons. The first-order valence-corrected chi connectivity index (χ1v) is 9.07. The highest BCUT2D eigenvalue weighted by Gasteiger charge is 2.24. The molecule has 1 fully saturated rings. The predicted octanol–water partition coefficient (Wildman–Crippen LogP) is 4.43. The minimum absolute atomic E-state index is 0.0601. The van der Waals surface area contributed by atoms with Crippen LogP contribution < -0.4 is 0 Å². The molecule has 0 radical (unpaired) electrons. The van der Waals surface area contributed by atoms with Crippen molar-refractivity contribution in [3.63, 3.8) is 0 Å². The van der Waals surface area contributed by atoms with E-state index >= 15 is 0 Å². The number of benzene rings is 1. The van der Waals surface area contributed by atoms with Gasteiger partial charge in [0.2, 0.25) is 0 Å². The van der Waals surface area contributed by atoms with Crippen LogP contribution in [0, 0.1) is 12.7 Å². The van der Waals surface area contributed by atoms with Gasteiger partial charge >= 0.3 is 0 Å². The molecule has 0 bridgehead atoms. The number of rotatable bonds is 3. The van der Waals surface area contributed by atoms with Gasteiger partial charge in [0, 0.05) is 23.5 Å². The van der Waals surface area contributed by atoms with Crippen LogP contribution in [0.2, 0.25) is 0 Å². The van der Waals surface area contributed by atoms with Gasteiger partial charge in [-0.1, -0.05) is 18.2 Å². The Bertz CT molecular complexity index is 905. The molecule has 3 nitrogen and oxygen atoms in total. The normalized spacial score (nSPS) is 14.7. The van der Waals surface area contributed by atoms with Gasteiger partial charge in [-0.2, -0.15) is 0 Å². The van der Waals surface area contributed by atoms with Gasteiger partial charge in [0.15, 0.2) is 0 Å². The molecule has 5 heteroatoms. The zero-order chi connectivity index (χ0) is 16.7. The number of aryl methyl sites for hydroxylation is 1. The second-order valence-electron chi connectivity index (χ2n) is 6.31. The first-order chi connectivity index (χ1) is 11.6. The number of thiophene rings is 1. The lowest BCUT2D eigenvalue weighted by molar-refractivity contribution is 0.0783. The van der Waals surface area contributed by atoms with Gasteiger partial charge in [0.1, 0.15) is 11.5 Å². The molecule has 0 N–H and O–H groups in total. The number of likely N-dealkylation sites (tertiary alicyclic amines) is 1. The van der Waals surface area contributed by atoms with E-state index in [9.17, 15) is 9.18 Å². The summed E-state index contributed by atoms with van der Waals surface area (Å²) in [6, 6.07) is 10.8. The second kappa shape index (κ2) is 6.06. The lowest BCUT2D eigenvalue weighted by Crippen LogP contribution is -2.29. The Morgan fingerprint density at radius 2 is 1.96 bits per heavy atom. The number of aromatic nitrogens is 1. The third kappa shape index (κ3) is 2.63. The fourth-order valence-electron chi connectivity index (χ4n) is 3.39. The Labute approximate surface area is 144 Å². The summed E-state index contributed by atoms with van der Waals surface area (Å²) in [7, 11) is 0. The fraction of sp³-hybridized carbons (Fsp3) is 0.316. The zero-order valence-corrected chi connectivity index (χ0v) is 14.4. The van der Waals surface area contributed by atoms with Crippen molar-refractivity contribution in [2.45, 2.75) is 26.3 Å². The van der Waals surface area contributed by atoms with Crippen LogP contribution in [-0.2, 0) is 6.54 Å². The van der Waals surface area contributed by atoms with E-state index in [-0.39, 0.29) is 11.7 Å². The summed E-state index contributed by atoms with van der Waals surface area (Å²) < 4.78 is 17.2. The van der Waals surface area contributed by atoms with Crippen molar-refractivity contribution in [1.82, 2.24) is 9.47 Å². The quantitative estimate of drug-likeness (QED) is 0.691. The molecule has 3 heterocycles. The molecule has 1 aliphatic heterocycles. The lowest BCUT2D eigenvalue weighted by Gasteiger charge is -2.17. The molecule has 0 aliphatic carbocycles. The molecule has 2 aromatic heterocycles.